The lowest BCUT2D eigenvalue weighted by atomic mass is 10.2. The summed E-state index contributed by atoms with van der Waals surface area (Å²) in [4.78, 5) is 14.6. The zero-order chi connectivity index (χ0) is 12.6. The Hall–Kier alpha value is -0.830. The standard InChI is InChI=1S/C8H13N3O3S2/c1-5(12)11-16(9,14)6-4-10-7(15-6)8(2,3)13/h4,13H,1-3H3,(H2,9,11,12,14). The minimum Gasteiger partial charge on any atom is -0.383 e. The molecule has 0 aromatic carbocycles. The van der Waals surface area contributed by atoms with Crippen LogP contribution in [0.4, 0.5) is 0 Å². The van der Waals surface area contributed by atoms with Crippen LogP contribution in [0.3, 0.4) is 0 Å². The van der Waals surface area contributed by atoms with E-state index in [9.17, 15) is 14.1 Å². The van der Waals surface area contributed by atoms with Gasteiger partial charge >= 0.3 is 0 Å². The summed E-state index contributed by atoms with van der Waals surface area (Å²) in [6.07, 6.45) is 1.27. The van der Waals surface area contributed by atoms with E-state index in [2.05, 4.69) is 9.35 Å². The Labute approximate surface area is 97.8 Å². The van der Waals surface area contributed by atoms with Crippen molar-refractivity contribution in [2.45, 2.75) is 30.6 Å². The van der Waals surface area contributed by atoms with E-state index >= 15 is 0 Å². The van der Waals surface area contributed by atoms with Crippen molar-refractivity contribution in [3.05, 3.63) is 11.2 Å². The van der Waals surface area contributed by atoms with E-state index in [0.29, 0.717) is 5.01 Å². The number of nitrogens with zero attached hydrogens (tertiary/aromatic N) is 2. The van der Waals surface area contributed by atoms with Crippen LogP contribution >= 0.6 is 11.3 Å². The average Bonchev–Trinajstić information content (AvgIpc) is 2.47. The molecule has 1 amide bonds. The molecule has 1 heterocycles. The molecule has 0 saturated carbocycles. The summed E-state index contributed by atoms with van der Waals surface area (Å²) >= 11 is 0.981. The van der Waals surface area contributed by atoms with Gasteiger partial charge in [0, 0.05) is 6.92 Å². The first-order chi connectivity index (χ1) is 7.13. The first-order valence-electron chi connectivity index (χ1n) is 4.37. The molecule has 0 saturated heterocycles. The third-order valence-electron chi connectivity index (χ3n) is 1.56. The Morgan fingerprint density at radius 2 is 2.25 bits per heavy atom. The van der Waals surface area contributed by atoms with Gasteiger partial charge in [-0.25, -0.2) is 14.3 Å². The zero-order valence-electron chi connectivity index (χ0n) is 9.13. The summed E-state index contributed by atoms with van der Waals surface area (Å²) in [5, 5.41) is 15.5. The number of amides is 1. The lowest BCUT2D eigenvalue weighted by Gasteiger charge is -2.12. The number of aliphatic hydroxyl groups is 1. The van der Waals surface area contributed by atoms with E-state index in [-0.39, 0.29) is 4.21 Å². The smallest absolute Gasteiger partial charge is 0.251 e. The number of hydrogen-bond acceptors (Lipinski definition) is 5. The largest absolute Gasteiger partial charge is 0.383 e. The second kappa shape index (κ2) is 4.21. The molecule has 1 unspecified atom stereocenters. The van der Waals surface area contributed by atoms with Crippen molar-refractivity contribution in [2.24, 2.45) is 9.50 Å². The molecule has 1 aromatic heterocycles. The Balaban J connectivity index is 3.23. The molecule has 1 aromatic rings. The Bertz CT molecular complexity index is 521. The minimum absolute atomic E-state index is 0.180. The van der Waals surface area contributed by atoms with E-state index in [4.69, 9.17) is 5.14 Å². The molecular formula is C8H13N3O3S2. The summed E-state index contributed by atoms with van der Waals surface area (Å²) in [6.45, 7) is 4.27. The van der Waals surface area contributed by atoms with Gasteiger partial charge in [-0.05, 0) is 13.8 Å². The number of carbonyl (C=O) groups is 1. The van der Waals surface area contributed by atoms with E-state index < -0.39 is 21.4 Å². The Kier molecular flexibility index (Phi) is 3.48. The van der Waals surface area contributed by atoms with Crippen molar-refractivity contribution in [2.75, 3.05) is 0 Å². The molecule has 0 aliphatic heterocycles. The van der Waals surface area contributed by atoms with Crippen molar-refractivity contribution in [1.82, 2.24) is 4.98 Å². The highest BCUT2D eigenvalue weighted by atomic mass is 32.2. The van der Waals surface area contributed by atoms with Gasteiger partial charge in [-0.3, -0.25) is 4.79 Å². The van der Waals surface area contributed by atoms with Crippen LogP contribution in [0.25, 0.3) is 0 Å². The molecule has 0 spiro atoms. The molecule has 3 N–H and O–H groups in total. The fourth-order valence-electron chi connectivity index (χ4n) is 0.913. The van der Waals surface area contributed by atoms with Gasteiger partial charge in [-0.1, -0.05) is 0 Å². The van der Waals surface area contributed by atoms with Gasteiger partial charge in [0.25, 0.3) is 5.91 Å². The molecule has 0 aliphatic carbocycles. The maximum Gasteiger partial charge on any atom is 0.251 e. The first kappa shape index (κ1) is 13.2. The quantitative estimate of drug-likeness (QED) is 0.815. The molecule has 0 aliphatic rings. The SMILES string of the molecule is CC(=O)N=S(N)(=O)c1cnc(C(C)(C)O)s1. The number of thiazole rings is 1. The molecule has 0 bridgehead atoms. The summed E-state index contributed by atoms with van der Waals surface area (Å²) in [5.74, 6) is -0.606. The van der Waals surface area contributed by atoms with Gasteiger partial charge in [0.1, 0.15) is 14.8 Å². The summed E-state index contributed by atoms with van der Waals surface area (Å²) in [7, 11) is -3.23. The van der Waals surface area contributed by atoms with Gasteiger partial charge in [-0.15, -0.1) is 15.7 Å². The second-order valence-corrected chi connectivity index (χ2v) is 6.77. The molecule has 6 nitrogen and oxygen atoms in total. The van der Waals surface area contributed by atoms with Crippen LogP contribution in [-0.2, 0) is 20.3 Å². The number of carbonyl (C=O) groups excluding carboxylic acids is 1. The Morgan fingerprint density at radius 3 is 2.62 bits per heavy atom. The highest BCUT2D eigenvalue weighted by Gasteiger charge is 2.22. The van der Waals surface area contributed by atoms with Crippen molar-refractivity contribution >= 4 is 27.2 Å². The number of nitrogens with two attached hydrogens (primary N) is 1. The second-order valence-electron chi connectivity index (χ2n) is 3.72. The maximum atomic E-state index is 11.8. The molecule has 16 heavy (non-hydrogen) atoms. The zero-order valence-corrected chi connectivity index (χ0v) is 10.8. The summed E-state index contributed by atoms with van der Waals surface area (Å²) in [5.41, 5.74) is -1.13. The van der Waals surface area contributed by atoms with Crippen molar-refractivity contribution < 1.29 is 14.1 Å². The fraction of sp³-hybridized carbons (Fsp3) is 0.500. The lowest BCUT2D eigenvalue weighted by molar-refractivity contribution is -0.115. The van der Waals surface area contributed by atoms with Crippen molar-refractivity contribution in [3.63, 3.8) is 0 Å². The van der Waals surface area contributed by atoms with Crippen LogP contribution in [0.15, 0.2) is 14.8 Å². The minimum atomic E-state index is -3.23. The predicted octanol–water partition coefficient (Wildman–Crippen LogP) is 0.618. The van der Waals surface area contributed by atoms with Crippen LogP contribution in [0.1, 0.15) is 25.8 Å². The number of rotatable bonds is 2. The van der Waals surface area contributed by atoms with Crippen LogP contribution in [0.5, 0.6) is 0 Å². The van der Waals surface area contributed by atoms with Gasteiger partial charge in [0.15, 0.2) is 9.92 Å². The van der Waals surface area contributed by atoms with Gasteiger partial charge in [-0.2, -0.15) is 0 Å². The topological polar surface area (TPSA) is 106 Å². The van der Waals surface area contributed by atoms with Gasteiger partial charge in [0.05, 0.1) is 6.20 Å². The number of hydrogen-bond donors (Lipinski definition) is 2. The highest BCUT2D eigenvalue weighted by molar-refractivity contribution is 7.93. The van der Waals surface area contributed by atoms with E-state index in [1.54, 1.807) is 13.8 Å². The third-order valence-corrected chi connectivity index (χ3v) is 4.84. The molecule has 0 radical (unpaired) electrons. The molecule has 1 atom stereocenters. The lowest BCUT2D eigenvalue weighted by Crippen LogP contribution is -2.14. The van der Waals surface area contributed by atoms with Crippen molar-refractivity contribution in [1.29, 1.82) is 0 Å². The van der Waals surface area contributed by atoms with Crippen LogP contribution in [-0.4, -0.2) is 20.2 Å². The average molecular weight is 263 g/mol. The number of aromatic nitrogens is 1. The van der Waals surface area contributed by atoms with E-state index in [1.165, 1.54) is 13.1 Å². The Morgan fingerprint density at radius 1 is 1.69 bits per heavy atom. The van der Waals surface area contributed by atoms with E-state index in [1.807, 2.05) is 0 Å². The highest BCUT2D eigenvalue weighted by Crippen LogP contribution is 2.27. The fourth-order valence-corrected chi connectivity index (χ4v) is 3.07. The molecular weight excluding hydrogens is 250 g/mol. The predicted molar refractivity (Wildman–Crippen MR) is 61.1 cm³/mol. The van der Waals surface area contributed by atoms with Crippen LogP contribution < -0.4 is 5.14 Å². The monoisotopic (exact) mass is 263 g/mol. The summed E-state index contributed by atoms with van der Waals surface area (Å²) < 4.78 is 15.3. The van der Waals surface area contributed by atoms with Gasteiger partial charge < -0.3 is 5.11 Å². The van der Waals surface area contributed by atoms with Gasteiger partial charge in [0.2, 0.25) is 0 Å². The maximum absolute atomic E-state index is 11.8. The third kappa shape index (κ3) is 3.08. The van der Waals surface area contributed by atoms with Crippen LogP contribution in [0, 0.1) is 0 Å². The normalized spacial score (nSPS) is 15.6. The molecule has 0 fully saturated rings. The molecule has 8 heteroatoms. The summed E-state index contributed by atoms with van der Waals surface area (Å²) in [6, 6.07) is 0. The molecule has 90 valence electrons. The molecule has 1 rings (SSSR count). The van der Waals surface area contributed by atoms with Crippen LogP contribution in [0.2, 0.25) is 0 Å². The van der Waals surface area contributed by atoms with Crippen molar-refractivity contribution in [3.8, 4) is 0 Å². The first-order valence-corrected chi connectivity index (χ1v) is 6.76. The van der Waals surface area contributed by atoms with E-state index in [0.717, 1.165) is 11.3 Å².